The van der Waals surface area contributed by atoms with Gasteiger partial charge in [-0.3, -0.25) is 19.7 Å². The maximum absolute atomic E-state index is 12.1. The van der Waals surface area contributed by atoms with Crippen molar-refractivity contribution in [3.05, 3.63) is 57.6 Å². The maximum Gasteiger partial charge on any atom is 0.270 e. The molecule has 0 aliphatic carbocycles. The molecule has 0 aliphatic heterocycles. The molecule has 29 heavy (non-hydrogen) atoms. The van der Waals surface area contributed by atoms with Crippen molar-refractivity contribution in [3.63, 3.8) is 0 Å². The second-order valence-electron chi connectivity index (χ2n) is 5.79. The third kappa shape index (κ3) is 5.58. The summed E-state index contributed by atoms with van der Waals surface area (Å²) in [5, 5.41) is 15.9. The lowest BCUT2D eigenvalue weighted by Gasteiger charge is -2.14. The number of hydrogen-bond acceptors (Lipinski definition) is 7. The Kier molecular flexibility index (Phi) is 7.35. The molecule has 2 rings (SSSR count). The molecule has 0 unspecified atom stereocenters. The Morgan fingerprint density at radius 1 is 0.966 bits per heavy atom. The van der Waals surface area contributed by atoms with E-state index >= 15 is 0 Å². The maximum atomic E-state index is 12.1. The van der Waals surface area contributed by atoms with Crippen molar-refractivity contribution in [1.29, 1.82) is 0 Å². The molecule has 0 aliphatic rings. The van der Waals surface area contributed by atoms with Crippen molar-refractivity contribution in [2.75, 3.05) is 27.9 Å². The molecule has 0 saturated carbocycles. The number of non-ortho nitro benzene ring substituents is 1. The number of ether oxygens (including phenoxy) is 3. The lowest BCUT2D eigenvalue weighted by atomic mass is 10.1. The van der Waals surface area contributed by atoms with Crippen LogP contribution < -0.4 is 24.8 Å². The molecule has 0 atom stereocenters. The van der Waals surface area contributed by atoms with Crippen LogP contribution in [0, 0.1) is 10.1 Å². The van der Waals surface area contributed by atoms with Crippen molar-refractivity contribution in [1.82, 2.24) is 10.6 Å². The van der Waals surface area contributed by atoms with Gasteiger partial charge >= 0.3 is 0 Å². The van der Waals surface area contributed by atoms with Crippen LogP contribution in [0.1, 0.15) is 15.9 Å². The number of nitrogens with one attached hydrogen (secondary N) is 2. The summed E-state index contributed by atoms with van der Waals surface area (Å²) in [5.74, 6) is 0.442. The van der Waals surface area contributed by atoms with Crippen molar-refractivity contribution >= 4 is 17.5 Å². The SMILES string of the molecule is COc1cc(OC)c(OC)cc1CNC(=O)CNC(=O)c1cccc([N+](=O)[O-])c1. The molecule has 10 heteroatoms. The molecule has 0 spiro atoms. The minimum atomic E-state index is -0.597. The summed E-state index contributed by atoms with van der Waals surface area (Å²) in [6.45, 7) is -0.161. The van der Waals surface area contributed by atoms with Crippen LogP contribution in [0.5, 0.6) is 17.2 Å². The molecule has 0 aromatic heterocycles. The van der Waals surface area contributed by atoms with Gasteiger partial charge in [-0.1, -0.05) is 6.07 Å². The van der Waals surface area contributed by atoms with Gasteiger partial charge in [-0.2, -0.15) is 0 Å². The highest BCUT2D eigenvalue weighted by molar-refractivity contribution is 5.96. The Balaban J connectivity index is 1.96. The fourth-order valence-corrected chi connectivity index (χ4v) is 2.51. The zero-order valence-corrected chi connectivity index (χ0v) is 16.2. The van der Waals surface area contributed by atoms with Crippen molar-refractivity contribution in [2.45, 2.75) is 6.54 Å². The number of nitro groups is 1. The van der Waals surface area contributed by atoms with Gasteiger partial charge in [-0.15, -0.1) is 0 Å². The van der Waals surface area contributed by atoms with E-state index in [2.05, 4.69) is 10.6 Å². The molecular weight excluding hydrogens is 382 g/mol. The van der Waals surface area contributed by atoms with Gasteiger partial charge in [0.15, 0.2) is 11.5 Å². The van der Waals surface area contributed by atoms with Crippen LogP contribution in [0.25, 0.3) is 0 Å². The molecular formula is C19H21N3O7. The first-order valence-corrected chi connectivity index (χ1v) is 8.47. The fraction of sp³-hybridized carbons (Fsp3) is 0.263. The number of carbonyl (C=O) groups is 2. The number of carbonyl (C=O) groups excluding carboxylic acids is 2. The van der Waals surface area contributed by atoms with Crippen LogP contribution in [0.2, 0.25) is 0 Å². The Bertz CT molecular complexity index is 915. The zero-order valence-electron chi connectivity index (χ0n) is 16.2. The van der Waals surface area contributed by atoms with E-state index in [1.165, 1.54) is 39.5 Å². The third-order valence-electron chi connectivity index (χ3n) is 3.99. The number of benzene rings is 2. The molecule has 0 bridgehead atoms. The van der Waals surface area contributed by atoms with Gasteiger partial charge in [0.05, 0.1) is 32.8 Å². The van der Waals surface area contributed by atoms with Crippen LogP contribution in [0.15, 0.2) is 36.4 Å². The summed E-state index contributed by atoms with van der Waals surface area (Å²) in [7, 11) is 4.49. The topological polar surface area (TPSA) is 129 Å². The van der Waals surface area contributed by atoms with E-state index in [1.807, 2.05) is 0 Å². The summed E-state index contributed by atoms with van der Waals surface area (Å²) >= 11 is 0. The van der Waals surface area contributed by atoms with E-state index in [4.69, 9.17) is 14.2 Å². The molecule has 0 radical (unpaired) electrons. The first-order valence-electron chi connectivity index (χ1n) is 8.47. The highest BCUT2D eigenvalue weighted by Crippen LogP contribution is 2.34. The Labute approximate surface area is 166 Å². The highest BCUT2D eigenvalue weighted by atomic mass is 16.6. The second-order valence-corrected chi connectivity index (χ2v) is 5.79. The first kappa shape index (κ1) is 21.5. The van der Waals surface area contributed by atoms with Crippen molar-refractivity contribution in [3.8, 4) is 17.2 Å². The number of nitro benzene ring substituents is 1. The number of rotatable bonds is 9. The van der Waals surface area contributed by atoms with Crippen molar-refractivity contribution < 1.29 is 28.7 Å². The number of methoxy groups -OCH3 is 3. The summed E-state index contributed by atoms with van der Waals surface area (Å²) in [5.41, 5.74) is 0.541. The molecule has 2 aromatic rings. The van der Waals surface area contributed by atoms with Gasteiger partial charge in [0, 0.05) is 35.9 Å². The normalized spacial score (nSPS) is 10.0. The lowest BCUT2D eigenvalue weighted by molar-refractivity contribution is -0.384. The van der Waals surface area contributed by atoms with E-state index in [9.17, 15) is 19.7 Å². The molecule has 154 valence electrons. The highest BCUT2D eigenvalue weighted by Gasteiger charge is 2.14. The van der Waals surface area contributed by atoms with Crippen LogP contribution >= 0.6 is 0 Å². The average Bonchev–Trinajstić information content (AvgIpc) is 2.75. The molecule has 10 nitrogen and oxygen atoms in total. The number of amides is 2. The number of hydrogen-bond donors (Lipinski definition) is 2. The quantitative estimate of drug-likeness (QED) is 0.481. The summed E-state index contributed by atoms with van der Waals surface area (Å²) < 4.78 is 15.7. The van der Waals surface area contributed by atoms with Crippen molar-refractivity contribution in [2.24, 2.45) is 0 Å². The summed E-state index contributed by atoms with van der Waals surface area (Å²) in [6, 6.07) is 8.57. The van der Waals surface area contributed by atoms with E-state index < -0.39 is 16.7 Å². The van der Waals surface area contributed by atoms with Gasteiger partial charge in [0.25, 0.3) is 11.6 Å². The Morgan fingerprint density at radius 3 is 2.24 bits per heavy atom. The predicted molar refractivity (Wildman–Crippen MR) is 103 cm³/mol. The second kappa shape index (κ2) is 9.93. The van der Waals surface area contributed by atoms with Crippen LogP contribution in [-0.4, -0.2) is 44.6 Å². The Morgan fingerprint density at radius 2 is 1.62 bits per heavy atom. The molecule has 0 fully saturated rings. The zero-order chi connectivity index (χ0) is 21.4. The molecule has 2 aromatic carbocycles. The van der Waals surface area contributed by atoms with Crippen LogP contribution in [-0.2, 0) is 11.3 Å². The minimum absolute atomic E-state index is 0.0913. The monoisotopic (exact) mass is 403 g/mol. The van der Waals surface area contributed by atoms with Gasteiger partial charge in [0.2, 0.25) is 5.91 Å². The smallest absolute Gasteiger partial charge is 0.270 e. The van der Waals surface area contributed by atoms with Gasteiger partial charge in [-0.05, 0) is 12.1 Å². The lowest BCUT2D eigenvalue weighted by Crippen LogP contribution is -2.36. The van der Waals surface area contributed by atoms with E-state index in [0.717, 1.165) is 6.07 Å². The van der Waals surface area contributed by atoms with Gasteiger partial charge in [0.1, 0.15) is 5.75 Å². The van der Waals surface area contributed by atoms with E-state index in [-0.39, 0.29) is 24.3 Å². The predicted octanol–water partition coefficient (Wildman–Crippen LogP) is 1.67. The number of nitrogens with zero attached hydrogens (tertiary/aromatic N) is 1. The minimum Gasteiger partial charge on any atom is -0.496 e. The first-order chi connectivity index (χ1) is 13.9. The van der Waals surface area contributed by atoms with Gasteiger partial charge < -0.3 is 24.8 Å². The fourth-order valence-electron chi connectivity index (χ4n) is 2.51. The average molecular weight is 403 g/mol. The van der Waals surface area contributed by atoms with Crippen LogP contribution in [0.4, 0.5) is 5.69 Å². The summed E-state index contributed by atoms with van der Waals surface area (Å²) in [6.07, 6.45) is 0. The van der Waals surface area contributed by atoms with E-state index in [0.29, 0.717) is 22.8 Å². The standard InChI is InChI=1S/C19H21N3O7/c1-27-15-9-17(29-3)16(28-2)8-13(15)10-20-18(23)11-21-19(24)12-5-4-6-14(7-12)22(25)26/h4-9H,10-11H2,1-3H3,(H,20,23)(H,21,24). The third-order valence-corrected chi connectivity index (χ3v) is 3.99. The summed E-state index contributed by atoms with van der Waals surface area (Å²) in [4.78, 5) is 34.3. The Hall–Kier alpha value is -3.82. The van der Waals surface area contributed by atoms with Crippen LogP contribution in [0.3, 0.4) is 0 Å². The molecule has 0 saturated heterocycles. The van der Waals surface area contributed by atoms with E-state index in [1.54, 1.807) is 12.1 Å². The molecule has 0 heterocycles. The molecule has 2 N–H and O–H groups in total. The largest absolute Gasteiger partial charge is 0.496 e. The molecule has 2 amide bonds. The van der Waals surface area contributed by atoms with Gasteiger partial charge in [-0.25, -0.2) is 0 Å².